The first kappa shape index (κ1) is 24.7. The van der Waals surface area contributed by atoms with Gasteiger partial charge in [0.1, 0.15) is 5.75 Å². The molecule has 0 aliphatic rings. The van der Waals surface area contributed by atoms with Crippen molar-refractivity contribution in [1.82, 2.24) is 5.32 Å². The molecule has 0 atom stereocenters. The number of nitrogens with one attached hydrogen (secondary N) is 3. The summed E-state index contributed by atoms with van der Waals surface area (Å²) in [7, 11) is 0. The summed E-state index contributed by atoms with van der Waals surface area (Å²) in [6.45, 7) is 2.37. The summed E-state index contributed by atoms with van der Waals surface area (Å²) in [5.41, 5.74) is 0.115. The highest BCUT2D eigenvalue weighted by Gasteiger charge is 2.30. The van der Waals surface area contributed by atoms with Crippen molar-refractivity contribution in [2.24, 2.45) is 0 Å². The topological polar surface area (TPSA) is 79.5 Å². The average molecular weight is 488 g/mol. The van der Waals surface area contributed by atoms with Crippen LogP contribution in [0.25, 0.3) is 0 Å². The molecule has 2 amide bonds. The summed E-state index contributed by atoms with van der Waals surface area (Å²) in [5, 5.41) is 7.79. The Balaban J connectivity index is 1.62. The molecule has 0 aromatic heterocycles. The molecule has 0 fully saturated rings. The van der Waals surface area contributed by atoms with Crippen molar-refractivity contribution in [3.8, 4) is 5.75 Å². The fourth-order valence-electron chi connectivity index (χ4n) is 2.92. The monoisotopic (exact) mass is 487 g/mol. The molecule has 0 unspecified atom stereocenters. The molecule has 0 aliphatic heterocycles. The quantitative estimate of drug-likeness (QED) is 0.401. The van der Waals surface area contributed by atoms with E-state index in [2.05, 4.69) is 16.0 Å². The van der Waals surface area contributed by atoms with Crippen LogP contribution in [0.5, 0.6) is 5.75 Å². The van der Waals surface area contributed by atoms with Crippen molar-refractivity contribution >= 4 is 40.5 Å². The van der Waals surface area contributed by atoms with Gasteiger partial charge in [0.15, 0.2) is 5.11 Å². The zero-order chi connectivity index (χ0) is 24.7. The molecular formula is C24H20F3N3O3S. The van der Waals surface area contributed by atoms with Crippen LogP contribution < -0.4 is 20.7 Å². The van der Waals surface area contributed by atoms with E-state index in [1.165, 1.54) is 24.3 Å². The number of amides is 2. The molecule has 3 aromatic rings. The highest BCUT2D eigenvalue weighted by Crippen LogP contribution is 2.30. The number of ether oxygens (including phenoxy) is 1. The highest BCUT2D eigenvalue weighted by molar-refractivity contribution is 7.80. The molecule has 0 bridgehead atoms. The average Bonchev–Trinajstić information content (AvgIpc) is 2.79. The van der Waals surface area contributed by atoms with Crippen LogP contribution in [0.4, 0.5) is 24.5 Å². The van der Waals surface area contributed by atoms with Crippen LogP contribution in [0, 0.1) is 0 Å². The van der Waals surface area contributed by atoms with Crippen LogP contribution >= 0.6 is 12.2 Å². The van der Waals surface area contributed by atoms with Crippen LogP contribution in [-0.2, 0) is 6.18 Å². The molecule has 0 radical (unpaired) electrons. The van der Waals surface area contributed by atoms with Gasteiger partial charge in [0, 0.05) is 22.5 Å². The summed E-state index contributed by atoms with van der Waals surface area (Å²) >= 11 is 5.17. The molecule has 10 heteroatoms. The molecule has 6 nitrogen and oxygen atoms in total. The Kier molecular flexibility index (Phi) is 7.85. The van der Waals surface area contributed by atoms with Crippen LogP contribution in [0.3, 0.4) is 0 Å². The minimum absolute atomic E-state index is 0.00863. The molecular weight excluding hydrogens is 467 g/mol. The summed E-state index contributed by atoms with van der Waals surface area (Å²) in [6.07, 6.45) is -4.52. The molecule has 34 heavy (non-hydrogen) atoms. The number of benzene rings is 3. The van der Waals surface area contributed by atoms with Gasteiger partial charge in [0.25, 0.3) is 11.8 Å². The van der Waals surface area contributed by atoms with E-state index in [4.69, 9.17) is 17.0 Å². The van der Waals surface area contributed by atoms with Gasteiger partial charge < -0.3 is 15.4 Å². The third-order valence-electron chi connectivity index (χ3n) is 4.48. The molecule has 0 saturated heterocycles. The first-order valence-electron chi connectivity index (χ1n) is 10.1. The lowest BCUT2D eigenvalue weighted by Gasteiger charge is -2.12. The van der Waals surface area contributed by atoms with Crippen LogP contribution in [-0.4, -0.2) is 23.5 Å². The van der Waals surface area contributed by atoms with Crippen molar-refractivity contribution in [2.45, 2.75) is 13.1 Å². The zero-order valence-corrected chi connectivity index (χ0v) is 18.7. The number of thiocarbonyl (C=S) groups is 1. The Labute approximate surface area is 199 Å². The Morgan fingerprint density at radius 3 is 2.15 bits per heavy atom. The van der Waals surface area contributed by atoms with E-state index in [0.29, 0.717) is 23.6 Å². The lowest BCUT2D eigenvalue weighted by molar-refractivity contribution is -0.137. The van der Waals surface area contributed by atoms with Crippen molar-refractivity contribution in [2.75, 3.05) is 17.2 Å². The SMILES string of the molecule is CCOc1ccc(C(=O)NC(=S)Nc2cccc(C(=O)Nc3cccc(C(F)(F)F)c3)c2)cc1. The van der Waals surface area contributed by atoms with Crippen LogP contribution in [0.2, 0.25) is 0 Å². The van der Waals surface area contributed by atoms with Gasteiger partial charge in [-0.25, -0.2) is 0 Å². The number of carbonyl (C=O) groups excluding carboxylic acids is 2. The van der Waals surface area contributed by atoms with E-state index in [1.807, 2.05) is 6.92 Å². The minimum atomic E-state index is -4.52. The summed E-state index contributed by atoms with van der Waals surface area (Å²) < 4.78 is 44.0. The number of anilines is 2. The molecule has 3 N–H and O–H groups in total. The molecule has 3 aromatic carbocycles. The van der Waals surface area contributed by atoms with Gasteiger partial charge in [-0.3, -0.25) is 14.9 Å². The van der Waals surface area contributed by atoms with Gasteiger partial charge in [-0.15, -0.1) is 0 Å². The van der Waals surface area contributed by atoms with Crippen LogP contribution in [0.1, 0.15) is 33.2 Å². The van der Waals surface area contributed by atoms with Crippen molar-refractivity contribution in [1.29, 1.82) is 0 Å². The number of hydrogen-bond acceptors (Lipinski definition) is 4. The third kappa shape index (κ3) is 6.79. The normalized spacial score (nSPS) is 10.8. The van der Waals surface area contributed by atoms with Crippen LogP contribution in [0.15, 0.2) is 72.8 Å². The Morgan fingerprint density at radius 1 is 0.853 bits per heavy atom. The first-order valence-corrected chi connectivity index (χ1v) is 10.5. The van der Waals surface area contributed by atoms with Crippen molar-refractivity contribution < 1.29 is 27.5 Å². The van der Waals surface area contributed by atoms with Gasteiger partial charge in [-0.2, -0.15) is 13.2 Å². The zero-order valence-electron chi connectivity index (χ0n) is 17.9. The molecule has 0 spiro atoms. The maximum absolute atomic E-state index is 12.9. The van der Waals surface area contributed by atoms with E-state index in [0.717, 1.165) is 12.1 Å². The van der Waals surface area contributed by atoms with Crippen molar-refractivity contribution in [3.05, 3.63) is 89.5 Å². The maximum Gasteiger partial charge on any atom is 0.416 e. The van der Waals surface area contributed by atoms with E-state index >= 15 is 0 Å². The fraction of sp³-hybridized carbons (Fsp3) is 0.125. The largest absolute Gasteiger partial charge is 0.494 e. The highest BCUT2D eigenvalue weighted by atomic mass is 32.1. The van der Waals surface area contributed by atoms with Gasteiger partial charge in [-0.05, 0) is 79.8 Å². The minimum Gasteiger partial charge on any atom is -0.494 e. The number of halogens is 3. The predicted molar refractivity (Wildman–Crippen MR) is 127 cm³/mol. The summed E-state index contributed by atoms with van der Waals surface area (Å²) in [6, 6.07) is 17.0. The number of alkyl halides is 3. The maximum atomic E-state index is 12.9. The first-order chi connectivity index (χ1) is 16.2. The van der Waals surface area contributed by atoms with E-state index in [9.17, 15) is 22.8 Å². The molecule has 0 heterocycles. The fourth-order valence-corrected chi connectivity index (χ4v) is 3.13. The summed E-state index contributed by atoms with van der Waals surface area (Å²) in [4.78, 5) is 24.9. The Bertz CT molecular complexity index is 1200. The molecule has 0 saturated carbocycles. The number of carbonyl (C=O) groups is 2. The van der Waals surface area contributed by atoms with Crippen molar-refractivity contribution in [3.63, 3.8) is 0 Å². The van der Waals surface area contributed by atoms with Gasteiger partial charge in [0.2, 0.25) is 0 Å². The number of rotatable bonds is 6. The lowest BCUT2D eigenvalue weighted by atomic mass is 10.1. The van der Waals surface area contributed by atoms with Gasteiger partial charge >= 0.3 is 6.18 Å². The van der Waals surface area contributed by atoms with E-state index in [-0.39, 0.29) is 16.4 Å². The second kappa shape index (κ2) is 10.8. The standard InChI is InChI=1S/C24H20F3N3O3S/c1-2-33-20-11-9-15(10-12-20)21(31)30-23(34)29-18-7-3-5-16(13-18)22(32)28-19-8-4-6-17(14-19)24(25,26)27/h3-14H,2H2,1H3,(H,28,32)(H2,29,30,31,34). The van der Waals surface area contributed by atoms with Gasteiger partial charge in [-0.1, -0.05) is 12.1 Å². The Morgan fingerprint density at radius 2 is 1.50 bits per heavy atom. The summed E-state index contributed by atoms with van der Waals surface area (Å²) in [5.74, 6) is -0.397. The lowest BCUT2D eigenvalue weighted by Crippen LogP contribution is -2.34. The number of hydrogen-bond donors (Lipinski definition) is 3. The second-order valence-corrected chi connectivity index (χ2v) is 7.39. The molecule has 0 aliphatic carbocycles. The van der Waals surface area contributed by atoms with E-state index in [1.54, 1.807) is 36.4 Å². The smallest absolute Gasteiger partial charge is 0.416 e. The second-order valence-electron chi connectivity index (χ2n) is 6.98. The predicted octanol–water partition coefficient (Wildman–Crippen LogP) is 5.48. The molecule has 3 rings (SSSR count). The molecule has 176 valence electrons. The third-order valence-corrected chi connectivity index (χ3v) is 4.69. The van der Waals surface area contributed by atoms with Gasteiger partial charge in [0.05, 0.1) is 12.2 Å². The van der Waals surface area contributed by atoms with E-state index < -0.39 is 23.6 Å². The Hall–Kier alpha value is -3.92.